The lowest BCUT2D eigenvalue weighted by Gasteiger charge is -2.12. The first kappa shape index (κ1) is 11.8. The molecule has 0 heterocycles. The van der Waals surface area contributed by atoms with Gasteiger partial charge >= 0.3 is 0 Å². The zero-order valence-corrected chi connectivity index (χ0v) is 10.5. The monoisotopic (exact) mass is 246 g/mol. The molecule has 0 atom stereocenters. The number of para-hydroxylation sites is 1. The first-order chi connectivity index (χ1) is 8.16. The van der Waals surface area contributed by atoms with Gasteiger partial charge in [0.2, 0.25) is 0 Å². The van der Waals surface area contributed by atoms with E-state index in [9.17, 15) is 0 Å². The van der Waals surface area contributed by atoms with Gasteiger partial charge in [0.25, 0.3) is 0 Å². The second kappa shape index (κ2) is 5.11. The van der Waals surface area contributed by atoms with Crippen LogP contribution in [0.3, 0.4) is 0 Å². The predicted octanol–water partition coefficient (Wildman–Crippen LogP) is 3.84. The van der Waals surface area contributed by atoms with Crippen molar-refractivity contribution in [3.63, 3.8) is 0 Å². The van der Waals surface area contributed by atoms with Crippen LogP contribution >= 0.6 is 11.6 Å². The van der Waals surface area contributed by atoms with E-state index < -0.39 is 0 Å². The number of aryl methyl sites for hydroxylation is 1. The number of rotatable bonds is 3. The summed E-state index contributed by atoms with van der Waals surface area (Å²) in [4.78, 5) is 0. The van der Waals surface area contributed by atoms with E-state index >= 15 is 0 Å². The molecule has 0 radical (unpaired) electrons. The van der Waals surface area contributed by atoms with E-state index in [0.717, 1.165) is 28.5 Å². The Morgan fingerprint density at radius 1 is 1.12 bits per heavy atom. The number of anilines is 2. The van der Waals surface area contributed by atoms with E-state index in [-0.39, 0.29) is 0 Å². The Labute approximate surface area is 106 Å². The van der Waals surface area contributed by atoms with Crippen molar-refractivity contribution in [2.75, 3.05) is 11.1 Å². The summed E-state index contributed by atoms with van der Waals surface area (Å²) in [6.07, 6.45) is 0. The molecule has 2 rings (SSSR count). The van der Waals surface area contributed by atoms with E-state index in [1.807, 2.05) is 49.4 Å². The van der Waals surface area contributed by atoms with Crippen LogP contribution in [0.4, 0.5) is 11.4 Å². The van der Waals surface area contributed by atoms with Crippen molar-refractivity contribution in [3.8, 4) is 0 Å². The molecule has 3 heteroatoms. The van der Waals surface area contributed by atoms with Crippen LogP contribution in [0.1, 0.15) is 11.1 Å². The molecule has 88 valence electrons. The highest BCUT2D eigenvalue weighted by Gasteiger charge is 2.01. The standard InChI is InChI=1S/C14H15ClN2/c1-10-3-2-4-13(16)14(10)17-9-11-5-7-12(15)8-6-11/h2-8,17H,9,16H2,1H3. The summed E-state index contributed by atoms with van der Waals surface area (Å²) in [5, 5.41) is 4.10. The summed E-state index contributed by atoms with van der Waals surface area (Å²) in [5.74, 6) is 0. The largest absolute Gasteiger partial charge is 0.397 e. The lowest BCUT2D eigenvalue weighted by molar-refractivity contribution is 1.14. The molecule has 2 aromatic carbocycles. The Hall–Kier alpha value is -1.67. The highest BCUT2D eigenvalue weighted by molar-refractivity contribution is 6.30. The normalized spacial score (nSPS) is 10.2. The summed E-state index contributed by atoms with van der Waals surface area (Å²) >= 11 is 5.84. The zero-order valence-electron chi connectivity index (χ0n) is 9.70. The highest BCUT2D eigenvalue weighted by Crippen LogP contribution is 2.23. The average Bonchev–Trinajstić information content (AvgIpc) is 2.31. The third kappa shape index (κ3) is 2.92. The van der Waals surface area contributed by atoms with Gasteiger partial charge < -0.3 is 11.1 Å². The van der Waals surface area contributed by atoms with E-state index in [4.69, 9.17) is 17.3 Å². The summed E-state index contributed by atoms with van der Waals surface area (Å²) in [7, 11) is 0. The molecule has 0 saturated carbocycles. The van der Waals surface area contributed by atoms with Crippen molar-refractivity contribution < 1.29 is 0 Å². The smallest absolute Gasteiger partial charge is 0.0606 e. The van der Waals surface area contributed by atoms with Gasteiger partial charge in [-0.2, -0.15) is 0 Å². The molecule has 0 bridgehead atoms. The summed E-state index contributed by atoms with van der Waals surface area (Å²) in [5.41, 5.74) is 10.0. The topological polar surface area (TPSA) is 38.0 Å². The number of hydrogen-bond donors (Lipinski definition) is 2. The minimum Gasteiger partial charge on any atom is -0.397 e. The quantitative estimate of drug-likeness (QED) is 0.808. The van der Waals surface area contributed by atoms with Gasteiger partial charge in [-0.05, 0) is 36.2 Å². The molecular formula is C14H15ClN2. The first-order valence-electron chi connectivity index (χ1n) is 5.50. The molecule has 0 aromatic heterocycles. The van der Waals surface area contributed by atoms with Crippen LogP contribution in [0.25, 0.3) is 0 Å². The minimum atomic E-state index is 0.742. The average molecular weight is 247 g/mol. The third-order valence-electron chi connectivity index (χ3n) is 2.69. The van der Waals surface area contributed by atoms with Crippen LogP contribution < -0.4 is 11.1 Å². The fourth-order valence-corrected chi connectivity index (χ4v) is 1.85. The molecule has 0 aliphatic rings. The lowest BCUT2D eigenvalue weighted by atomic mass is 10.1. The number of halogens is 1. The second-order valence-corrected chi connectivity index (χ2v) is 4.46. The summed E-state index contributed by atoms with van der Waals surface area (Å²) in [6, 6.07) is 13.7. The summed E-state index contributed by atoms with van der Waals surface area (Å²) < 4.78 is 0. The molecule has 0 saturated heterocycles. The van der Waals surface area contributed by atoms with E-state index in [1.165, 1.54) is 5.56 Å². The predicted molar refractivity (Wildman–Crippen MR) is 74.4 cm³/mol. The van der Waals surface area contributed by atoms with Gasteiger partial charge in [-0.25, -0.2) is 0 Å². The Kier molecular flexibility index (Phi) is 3.55. The fraction of sp³-hybridized carbons (Fsp3) is 0.143. The van der Waals surface area contributed by atoms with Crippen LogP contribution in [0.2, 0.25) is 5.02 Å². The van der Waals surface area contributed by atoms with E-state index in [0.29, 0.717) is 0 Å². The number of nitrogen functional groups attached to an aromatic ring is 1. The summed E-state index contributed by atoms with van der Waals surface area (Å²) in [6.45, 7) is 2.78. The van der Waals surface area contributed by atoms with Gasteiger partial charge in [0.1, 0.15) is 0 Å². The maximum Gasteiger partial charge on any atom is 0.0606 e. The van der Waals surface area contributed by atoms with Gasteiger partial charge in [0.05, 0.1) is 11.4 Å². The Morgan fingerprint density at radius 3 is 2.47 bits per heavy atom. The van der Waals surface area contributed by atoms with Gasteiger partial charge in [-0.1, -0.05) is 35.9 Å². The number of hydrogen-bond acceptors (Lipinski definition) is 2. The number of nitrogens with one attached hydrogen (secondary N) is 1. The molecule has 0 aliphatic heterocycles. The van der Waals surface area contributed by atoms with Crippen LogP contribution in [0, 0.1) is 6.92 Å². The van der Waals surface area contributed by atoms with Crippen LogP contribution in [-0.4, -0.2) is 0 Å². The highest BCUT2D eigenvalue weighted by atomic mass is 35.5. The number of nitrogens with two attached hydrogens (primary N) is 1. The van der Waals surface area contributed by atoms with Gasteiger partial charge in [0, 0.05) is 11.6 Å². The third-order valence-corrected chi connectivity index (χ3v) is 2.94. The minimum absolute atomic E-state index is 0.742. The number of benzene rings is 2. The maximum absolute atomic E-state index is 5.93. The molecule has 0 fully saturated rings. The van der Waals surface area contributed by atoms with Crippen LogP contribution in [0.5, 0.6) is 0 Å². The second-order valence-electron chi connectivity index (χ2n) is 4.02. The molecule has 17 heavy (non-hydrogen) atoms. The molecule has 0 amide bonds. The van der Waals surface area contributed by atoms with Crippen molar-refractivity contribution in [2.45, 2.75) is 13.5 Å². The zero-order chi connectivity index (χ0) is 12.3. The van der Waals surface area contributed by atoms with Crippen LogP contribution in [0.15, 0.2) is 42.5 Å². The van der Waals surface area contributed by atoms with Crippen molar-refractivity contribution in [3.05, 3.63) is 58.6 Å². The molecule has 0 aliphatic carbocycles. The molecule has 0 spiro atoms. The molecule has 2 nitrogen and oxygen atoms in total. The fourth-order valence-electron chi connectivity index (χ4n) is 1.72. The van der Waals surface area contributed by atoms with Gasteiger partial charge in [0.15, 0.2) is 0 Å². The van der Waals surface area contributed by atoms with Crippen molar-refractivity contribution in [1.29, 1.82) is 0 Å². The Bertz CT molecular complexity index is 486. The van der Waals surface area contributed by atoms with Gasteiger partial charge in [-0.15, -0.1) is 0 Å². The Morgan fingerprint density at radius 2 is 1.82 bits per heavy atom. The first-order valence-corrected chi connectivity index (χ1v) is 5.88. The van der Waals surface area contributed by atoms with Crippen molar-refractivity contribution >= 4 is 23.0 Å². The van der Waals surface area contributed by atoms with Crippen molar-refractivity contribution in [2.24, 2.45) is 0 Å². The molecule has 2 aromatic rings. The Balaban J connectivity index is 2.10. The maximum atomic E-state index is 5.93. The lowest BCUT2D eigenvalue weighted by Crippen LogP contribution is -2.03. The van der Waals surface area contributed by atoms with E-state index in [1.54, 1.807) is 0 Å². The van der Waals surface area contributed by atoms with E-state index in [2.05, 4.69) is 5.32 Å². The van der Waals surface area contributed by atoms with Gasteiger partial charge in [-0.3, -0.25) is 0 Å². The van der Waals surface area contributed by atoms with Crippen LogP contribution in [-0.2, 0) is 6.54 Å². The molecule has 3 N–H and O–H groups in total. The SMILES string of the molecule is Cc1cccc(N)c1NCc1ccc(Cl)cc1. The molecule has 0 unspecified atom stereocenters. The molecular weight excluding hydrogens is 232 g/mol. The van der Waals surface area contributed by atoms with Crippen molar-refractivity contribution in [1.82, 2.24) is 0 Å².